The molecule has 19 heavy (non-hydrogen) atoms. The van der Waals surface area contributed by atoms with E-state index in [0.717, 1.165) is 6.07 Å². The lowest BCUT2D eigenvalue weighted by atomic mass is 10.1. The minimum Gasteiger partial charge on any atom is -0.481 e. The highest BCUT2D eigenvalue weighted by molar-refractivity contribution is 5.67. The quantitative estimate of drug-likeness (QED) is 0.614. The highest BCUT2D eigenvalue weighted by Crippen LogP contribution is 2.30. The molecule has 0 aliphatic heterocycles. The van der Waals surface area contributed by atoms with Crippen LogP contribution in [0.1, 0.15) is 19.8 Å². The molecule has 1 aromatic carbocycles. The fourth-order valence-corrected chi connectivity index (χ4v) is 1.49. The van der Waals surface area contributed by atoms with Gasteiger partial charge < -0.3 is 10.4 Å². The topological polar surface area (TPSA) is 92.5 Å². The number of hydrogen-bond donors (Lipinski definition) is 2. The fraction of sp³-hybridized carbons (Fsp3) is 0.364. The summed E-state index contributed by atoms with van der Waals surface area (Å²) in [6.45, 7) is 1.52. The van der Waals surface area contributed by atoms with Gasteiger partial charge in [-0.25, -0.2) is 8.78 Å². The first-order chi connectivity index (χ1) is 8.82. The molecule has 8 heteroatoms. The number of rotatable bonds is 6. The maximum absolute atomic E-state index is 13.5. The zero-order valence-electron chi connectivity index (χ0n) is 10.0. The van der Waals surface area contributed by atoms with E-state index in [9.17, 15) is 23.7 Å². The number of anilines is 1. The van der Waals surface area contributed by atoms with Gasteiger partial charge in [-0.05, 0) is 19.4 Å². The molecular weight excluding hydrogens is 262 g/mol. The van der Waals surface area contributed by atoms with Gasteiger partial charge in [0.15, 0.2) is 17.3 Å². The van der Waals surface area contributed by atoms with E-state index in [1.165, 1.54) is 6.92 Å². The number of benzene rings is 1. The largest absolute Gasteiger partial charge is 0.481 e. The summed E-state index contributed by atoms with van der Waals surface area (Å²) in [6.07, 6.45) is -0.0542. The third-order valence-corrected chi connectivity index (χ3v) is 2.45. The zero-order chi connectivity index (χ0) is 14.6. The van der Waals surface area contributed by atoms with Crippen molar-refractivity contribution in [3.05, 3.63) is 33.9 Å². The van der Waals surface area contributed by atoms with E-state index in [1.807, 2.05) is 0 Å². The van der Waals surface area contributed by atoms with Crippen molar-refractivity contribution in [1.29, 1.82) is 0 Å². The molecule has 1 rings (SSSR count). The Morgan fingerprint density at radius 1 is 1.53 bits per heavy atom. The molecule has 0 heterocycles. The molecule has 0 saturated carbocycles. The number of carbonyl (C=O) groups is 1. The molecule has 0 fully saturated rings. The first-order valence-electron chi connectivity index (χ1n) is 5.43. The summed E-state index contributed by atoms with van der Waals surface area (Å²) in [7, 11) is 0. The van der Waals surface area contributed by atoms with Crippen LogP contribution in [0.15, 0.2) is 12.1 Å². The lowest BCUT2D eigenvalue weighted by Crippen LogP contribution is -2.18. The molecule has 1 atom stereocenters. The summed E-state index contributed by atoms with van der Waals surface area (Å²) < 4.78 is 26.6. The van der Waals surface area contributed by atoms with Crippen molar-refractivity contribution in [3.63, 3.8) is 0 Å². The van der Waals surface area contributed by atoms with Gasteiger partial charge in [-0.2, -0.15) is 0 Å². The Morgan fingerprint density at radius 2 is 2.16 bits per heavy atom. The Kier molecular flexibility index (Phi) is 4.74. The van der Waals surface area contributed by atoms with E-state index in [-0.39, 0.29) is 12.8 Å². The Balaban J connectivity index is 2.95. The van der Waals surface area contributed by atoms with E-state index in [2.05, 4.69) is 5.32 Å². The van der Waals surface area contributed by atoms with Crippen molar-refractivity contribution in [2.45, 2.75) is 25.8 Å². The van der Waals surface area contributed by atoms with Crippen molar-refractivity contribution < 1.29 is 23.6 Å². The van der Waals surface area contributed by atoms with E-state index in [1.54, 1.807) is 0 Å². The highest BCUT2D eigenvalue weighted by Gasteiger charge is 2.22. The van der Waals surface area contributed by atoms with Gasteiger partial charge in [0.2, 0.25) is 0 Å². The molecule has 6 nitrogen and oxygen atoms in total. The van der Waals surface area contributed by atoms with Crippen LogP contribution in [0.25, 0.3) is 0 Å². The second-order valence-electron chi connectivity index (χ2n) is 3.99. The van der Waals surface area contributed by atoms with Crippen LogP contribution in [0.2, 0.25) is 0 Å². The van der Waals surface area contributed by atoms with Crippen molar-refractivity contribution in [1.82, 2.24) is 0 Å². The molecule has 2 N–H and O–H groups in total. The number of nitrogens with zero attached hydrogens (tertiary/aromatic N) is 1. The highest BCUT2D eigenvalue weighted by atomic mass is 19.2. The van der Waals surface area contributed by atoms with Gasteiger partial charge in [-0.3, -0.25) is 14.9 Å². The second kappa shape index (κ2) is 6.07. The van der Waals surface area contributed by atoms with E-state index >= 15 is 0 Å². The Bertz CT molecular complexity index is 508. The summed E-state index contributed by atoms with van der Waals surface area (Å²) in [6, 6.07) is 0.969. The van der Waals surface area contributed by atoms with Crippen molar-refractivity contribution in [3.8, 4) is 0 Å². The Hall–Kier alpha value is -2.25. The second-order valence-corrected chi connectivity index (χ2v) is 3.99. The number of nitrogens with one attached hydrogen (secondary N) is 1. The van der Waals surface area contributed by atoms with Gasteiger partial charge in [-0.15, -0.1) is 0 Å². The number of aliphatic carboxylic acids is 1. The third-order valence-electron chi connectivity index (χ3n) is 2.45. The smallest absolute Gasteiger partial charge is 0.303 e. The maximum atomic E-state index is 13.5. The van der Waals surface area contributed by atoms with E-state index < -0.39 is 39.9 Å². The standard InChI is InChI=1S/C11H12F2N2O4/c1-6(2-5-9(16)17)14-11-8(15(18)19)4-3-7(12)10(11)13/h3-4,6,14H,2,5H2,1H3,(H,16,17). The van der Waals surface area contributed by atoms with Crippen LogP contribution in [0.5, 0.6) is 0 Å². The average Bonchev–Trinajstić information content (AvgIpc) is 2.32. The number of nitro benzene ring substituents is 1. The van der Waals surface area contributed by atoms with Gasteiger partial charge in [0.25, 0.3) is 5.69 Å². The molecule has 0 bridgehead atoms. The SMILES string of the molecule is CC(CCC(=O)O)Nc1c([N+](=O)[O-])ccc(F)c1F. The Morgan fingerprint density at radius 3 is 2.68 bits per heavy atom. The molecule has 0 aromatic heterocycles. The molecular formula is C11H12F2N2O4. The van der Waals surface area contributed by atoms with Crippen molar-refractivity contribution >= 4 is 17.3 Å². The molecule has 1 aromatic rings. The monoisotopic (exact) mass is 274 g/mol. The van der Waals surface area contributed by atoms with Crippen LogP contribution in [-0.2, 0) is 4.79 Å². The molecule has 0 aliphatic carbocycles. The molecule has 1 unspecified atom stereocenters. The minimum absolute atomic E-state index is 0.127. The minimum atomic E-state index is -1.35. The molecule has 0 spiro atoms. The van der Waals surface area contributed by atoms with Gasteiger partial charge >= 0.3 is 5.97 Å². The summed E-state index contributed by atoms with van der Waals surface area (Å²) in [5.41, 5.74) is -1.16. The summed E-state index contributed by atoms with van der Waals surface area (Å²) in [5, 5.41) is 21.7. The molecule has 0 radical (unpaired) electrons. The van der Waals surface area contributed by atoms with Crippen molar-refractivity contribution in [2.75, 3.05) is 5.32 Å². The normalized spacial score (nSPS) is 11.9. The van der Waals surface area contributed by atoms with Crippen LogP contribution >= 0.6 is 0 Å². The number of nitro groups is 1. The number of carboxylic acids is 1. The first-order valence-corrected chi connectivity index (χ1v) is 5.43. The van der Waals surface area contributed by atoms with Crippen LogP contribution in [-0.4, -0.2) is 22.0 Å². The molecule has 104 valence electrons. The maximum Gasteiger partial charge on any atom is 0.303 e. The number of carboxylic acid groups (broad SMARTS) is 1. The first kappa shape index (κ1) is 14.8. The summed E-state index contributed by atoms with van der Waals surface area (Å²) in [5.74, 6) is -3.60. The molecule has 0 amide bonds. The van der Waals surface area contributed by atoms with Crippen LogP contribution in [0.4, 0.5) is 20.2 Å². The number of hydrogen-bond acceptors (Lipinski definition) is 4. The van der Waals surface area contributed by atoms with Gasteiger partial charge in [-0.1, -0.05) is 0 Å². The van der Waals surface area contributed by atoms with Crippen LogP contribution in [0, 0.1) is 21.7 Å². The van der Waals surface area contributed by atoms with E-state index in [0.29, 0.717) is 6.07 Å². The molecule has 0 aliphatic rings. The number of halogens is 2. The van der Waals surface area contributed by atoms with E-state index in [4.69, 9.17) is 5.11 Å². The fourth-order valence-electron chi connectivity index (χ4n) is 1.49. The van der Waals surface area contributed by atoms with Gasteiger partial charge in [0.05, 0.1) is 4.92 Å². The third kappa shape index (κ3) is 3.87. The predicted molar refractivity (Wildman–Crippen MR) is 63.0 cm³/mol. The Labute approximate surface area is 107 Å². The van der Waals surface area contributed by atoms with Gasteiger partial charge in [0.1, 0.15) is 0 Å². The van der Waals surface area contributed by atoms with Crippen LogP contribution in [0.3, 0.4) is 0 Å². The summed E-state index contributed by atoms with van der Waals surface area (Å²) in [4.78, 5) is 20.3. The summed E-state index contributed by atoms with van der Waals surface area (Å²) >= 11 is 0. The zero-order valence-corrected chi connectivity index (χ0v) is 10.0. The molecule has 0 saturated heterocycles. The lowest BCUT2D eigenvalue weighted by molar-refractivity contribution is -0.384. The lowest BCUT2D eigenvalue weighted by Gasteiger charge is -2.15. The van der Waals surface area contributed by atoms with Gasteiger partial charge in [0, 0.05) is 18.5 Å². The average molecular weight is 274 g/mol. The van der Waals surface area contributed by atoms with Crippen LogP contribution < -0.4 is 5.32 Å². The predicted octanol–water partition coefficient (Wildman–Crippen LogP) is 2.54. The van der Waals surface area contributed by atoms with Crippen molar-refractivity contribution in [2.24, 2.45) is 0 Å².